The molecule has 188 valence electrons. The van der Waals surface area contributed by atoms with Crippen molar-refractivity contribution in [2.75, 3.05) is 29.9 Å². The Balaban J connectivity index is 1.28. The van der Waals surface area contributed by atoms with E-state index in [4.69, 9.17) is 11.5 Å². The lowest BCUT2D eigenvalue weighted by atomic mass is 10.0. The van der Waals surface area contributed by atoms with E-state index in [1.807, 2.05) is 24.3 Å². The van der Waals surface area contributed by atoms with Crippen LogP contribution in [0.25, 0.3) is 10.9 Å². The third kappa shape index (κ3) is 4.69. The first-order valence-electron chi connectivity index (χ1n) is 12.1. The molecule has 2 saturated heterocycles. The standard InChI is InChI=1S/C25H30N8O3/c26-16-12-21(23(34)29-17-6-5-11-31(14-17)22-9-3-4-10-28-22)33(13-16)25(36)30-19-15-32(24(27)35)20-8-2-1-7-18(19)20/h1-4,7-10,15-17,21H,5-6,11-14,26H2,(H2,27,35)(H,29,34)(H,30,36)/t16-,17?,21-/m0/s1. The highest BCUT2D eigenvalue weighted by Gasteiger charge is 2.39. The number of aromatic nitrogens is 2. The van der Waals surface area contributed by atoms with Gasteiger partial charge >= 0.3 is 12.1 Å². The van der Waals surface area contributed by atoms with Gasteiger partial charge in [0.2, 0.25) is 5.91 Å². The Labute approximate surface area is 208 Å². The summed E-state index contributed by atoms with van der Waals surface area (Å²) in [5.41, 5.74) is 12.7. The highest BCUT2D eigenvalue weighted by molar-refractivity contribution is 6.05. The molecule has 36 heavy (non-hydrogen) atoms. The van der Waals surface area contributed by atoms with E-state index < -0.39 is 18.1 Å². The zero-order valence-electron chi connectivity index (χ0n) is 19.8. The molecule has 11 heteroatoms. The summed E-state index contributed by atoms with van der Waals surface area (Å²) in [4.78, 5) is 46.4. The SMILES string of the molecule is NC(=O)n1cc(NC(=O)N2C[C@@H](N)C[C@H]2C(=O)NC2CCCN(c3ccccn3)C2)c2ccccc21. The molecule has 0 bridgehead atoms. The fourth-order valence-electron chi connectivity index (χ4n) is 5.13. The number of anilines is 2. The van der Waals surface area contributed by atoms with E-state index in [1.54, 1.807) is 24.4 Å². The number of pyridine rings is 1. The van der Waals surface area contributed by atoms with Crippen LogP contribution in [0.3, 0.4) is 0 Å². The Morgan fingerprint density at radius 1 is 1.06 bits per heavy atom. The molecule has 2 aliphatic heterocycles. The lowest BCUT2D eigenvalue weighted by Crippen LogP contribution is -2.54. The Morgan fingerprint density at radius 3 is 2.64 bits per heavy atom. The predicted octanol–water partition coefficient (Wildman–Crippen LogP) is 1.68. The Kier molecular flexibility index (Phi) is 6.47. The van der Waals surface area contributed by atoms with Gasteiger partial charge in [0.25, 0.3) is 0 Å². The maximum atomic E-state index is 13.3. The van der Waals surface area contributed by atoms with E-state index in [0.717, 1.165) is 25.2 Å². The van der Waals surface area contributed by atoms with Crippen LogP contribution < -0.4 is 27.0 Å². The van der Waals surface area contributed by atoms with Crippen LogP contribution in [-0.4, -0.2) is 70.2 Å². The number of hydrogen-bond donors (Lipinski definition) is 4. The minimum Gasteiger partial charge on any atom is -0.355 e. The molecule has 0 saturated carbocycles. The second kappa shape index (κ2) is 9.86. The van der Waals surface area contributed by atoms with Crippen molar-refractivity contribution in [3.63, 3.8) is 0 Å². The third-order valence-corrected chi connectivity index (χ3v) is 6.83. The van der Waals surface area contributed by atoms with Crippen molar-refractivity contribution in [2.24, 2.45) is 11.5 Å². The first kappa shape index (κ1) is 23.6. The van der Waals surface area contributed by atoms with Crippen LogP contribution >= 0.6 is 0 Å². The van der Waals surface area contributed by atoms with Gasteiger partial charge in [0.15, 0.2) is 0 Å². The summed E-state index contributed by atoms with van der Waals surface area (Å²) in [6.45, 7) is 1.79. The fourth-order valence-corrected chi connectivity index (χ4v) is 5.13. The van der Waals surface area contributed by atoms with Gasteiger partial charge in [0.05, 0.1) is 11.2 Å². The zero-order chi connectivity index (χ0) is 25.2. The summed E-state index contributed by atoms with van der Waals surface area (Å²) < 4.78 is 1.28. The molecule has 4 amide bonds. The fraction of sp³-hybridized carbons (Fsp3) is 0.360. The molecule has 11 nitrogen and oxygen atoms in total. The van der Waals surface area contributed by atoms with E-state index >= 15 is 0 Å². The van der Waals surface area contributed by atoms with Crippen LogP contribution in [0, 0.1) is 0 Å². The van der Waals surface area contributed by atoms with E-state index in [-0.39, 0.29) is 24.5 Å². The number of fused-ring (bicyclic) bond motifs is 1. The lowest BCUT2D eigenvalue weighted by molar-refractivity contribution is -0.125. The largest absolute Gasteiger partial charge is 0.355 e. The predicted molar refractivity (Wildman–Crippen MR) is 137 cm³/mol. The molecule has 0 spiro atoms. The normalized spacial score (nSPS) is 22.0. The van der Waals surface area contributed by atoms with Gasteiger partial charge in [-0.2, -0.15) is 0 Å². The summed E-state index contributed by atoms with van der Waals surface area (Å²) in [5, 5.41) is 6.65. The van der Waals surface area contributed by atoms with Crippen molar-refractivity contribution in [3.05, 3.63) is 54.9 Å². The molecule has 5 rings (SSSR count). The number of hydrogen-bond acceptors (Lipinski definition) is 6. The number of amides is 4. The van der Waals surface area contributed by atoms with Crippen molar-refractivity contribution in [1.29, 1.82) is 0 Å². The van der Waals surface area contributed by atoms with Gasteiger partial charge in [-0.25, -0.2) is 14.6 Å². The van der Waals surface area contributed by atoms with Gasteiger partial charge in [0, 0.05) is 49.5 Å². The van der Waals surface area contributed by atoms with Gasteiger partial charge in [0.1, 0.15) is 11.9 Å². The first-order chi connectivity index (χ1) is 17.4. The first-order valence-corrected chi connectivity index (χ1v) is 12.1. The highest BCUT2D eigenvalue weighted by Crippen LogP contribution is 2.27. The summed E-state index contributed by atoms with van der Waals surface area (Å²) in [5.74, 6) is 0.668. The van der Waals surface area contributed by atoms with Crippen molar-refractivity contribution in [1.82, 2.24) is 19.8 Å². The average molecular weight is 491 g/mol. The van der Waals surface area contributed by atoms with Crippen LogP contribution in [-0.2, 0) is 4.79 Å². The summed E-state index contributed by atoms with van der Waals surface area (Å²) >= 11 is 0. The van der Waals surface area contributed by atoms with Crippen LogP contribution in [0.1, 0.15) is 19.3 Å². The molecule has 2 fully saturated rings. The second-order valence-electron chi connectivity index (χ2n) is 9.34. The third-order valence-electron chi connectivity index (χ3n) is 6.83. The second-order valence-corrected chi connectivity index (χ2v) is 9.34. The smallest absolute Gasteiger partial charge is 0.323 e. The number of likely N-dealkylation sites (tertiary alicyclic amines) is 1. The van der Waals surface area contributed by atoms with E-state index in [0.29, 0.717) is 29.6 Å². The number of primary amides is 1. The molecule has 2 aliphatic rings. The van der Waals surface area contributed by atoms with Gasteiger partial charge in [-0.05, 0) is 37.5 Å². The number of para-hydroxylation sites is 1. The van der Waals surface area contributed by atoms with Crippen molar-refractivity contribution < 1.29 is 14.4 Å². The molecule has 2 aromatic heterocycles. The highest BCUT2D eigenvalue weighted by atomic mass is 16.2. The number of carbonyl (C=O) groups excluding carboxylic acids is 3. The van der Waals surface area contributed by atoms with Gasteiger partial charge in [-0.15, -0.1) is 0 Å². The molecular weight excluding hydrogens is 460 g/mol. The summed E-state index contributed by atoms with van der Waals surface area (Å²) in [6, 6.07) is 10.8. The van der Waals surface area contributed by atoms with E-state index in [1.165, 1.54) is 15.7 Å². The van der Waals surface area contributed by atoms with Crippen molar-refractivity contribution >= 4 is 40.4 Å². The number of nitrogens with two attached hydrogens (primary N) is 2. The number of rotatable bonds is 4. The zero-order valence-corrected chi connectivity index (χ0v) is 19.8. The van der Waals surface area contributed by atoms with Crippen LogP contribution in [0.15, 0.2) is 54.9 Å². The van der Waals surface area contributed by atoms with Gasteiger partial charge in [-0.1, -0.05) is 24.3 Å². The lowest BCUT2D eigenvalue weighted by Gasteiger charge is -2.35. The quantitative estimate of drug-likeness (QED) is 0.437. The molecule has 1 aromatic carbocycles. The number of nitrogens with zero attached hydrogens (tertiary/aromatic N) is 4. The molecule has 0 aliphatic carbocycles. The summed E-state index contributed by atoms with van der Waals surface area (Å²) in [7, 11) is 0. The van der Waals surface area contributed by atoms with E-state index in [2.05, 4.69) is 20.5 Å². The van der Waals surface area contributed by atoms with Crippen molar-refractivity contribution in [3.8, 4) is 0 Å². The number of carbonyl (C=O) groups is 3. The molecular formula is C25H30N8O3. The van der Waals surface area contributed by atoms with Gasteiger partial charge in [-0.3, -0.25) is 9.36 Å². The molecule has 3 atom stereocenters. The van der Waals surface area contributed by atoms with Crippen LogP contribution in [0.4, 0.5) is 21.1 Å². The maximum Gasteiger partial charge on any atom is 0.323 e. The topological polar surface area (TPSA) is 152 Å². The molecule has 3 aromatic rings. The molecule has 4 heterocycles. The monoisotopic (exact) mass is 490 g/mol. The molecule has 1 unspecified atom stereocenters. The number of nitrogens with one attached hydrogen (secondary N) is 2. The van der Waals surface area contributed by atoms with Crippen molar-refractivity contribution in [2.45, 2.75) is 37.4 Å². The number of piperidine rings is 1. The maximum absolute atomic E-state index is 13.3. The number of urea groups is 1. The Bertz CT molecular complexity index is 1280. The van der Waals surface area contributed by atoms with Gasteiger partial charge < -0.3 is 31.9 Å². The Morgan fingerprint density at radius 2 is 1.86 bits per heavy atom. The Hall–Kier alpha value is -4.12. The summed E-state index contributed by atoms with van der Waals surface area (Å²) in [6.07, 6.45) is 5.41. The minimum absolute atomic E-state index is 0.0523. The van der Waals surface area contributed by atoms with Crippen LogP contribution in [0.5, 0.6) is 0 Å². The number of benzene rings is 1. The minimum atomic E-state index is -0.685. The van der Waals surface area contributed by atoms with Crippen LogP contribution in [0.2, 0.25) is 0 Å². The van der Waals surface area contributed by atoms with E-state index in [9.17, 15) is 14.4 Å². The molecule has 6 N–H and O–H groups in total. The molecule has 0 radical (unpaired) electrons. The average Bonchev–Trinajstić information content (AvgIpc) is 3.46.